The Labute approximate surface area is 177 Å². The molecule has 0 unspecified atom stereocenters. The highest BCUT2D eigenvalue weighted by atomic mass is 35.5. The molecule has 1 aromatic heterocycles. The number of carbonyl (C=O) groups excluding carboxylic acids is 1. The largest absolute Gasteiger partial charge is 0.501 e. The summed E-state index contributed by atoms with van der Waals surface area (Å²) in [5.74, 6) is -0.565. The molecule has 0 saturated carbocycles. The van der Waals surface area contributed by atoms with Gasteiger partial charge in [0.05, 0.1) is 0 Å². The van der Waals surface area contributed by atoms with Crippen LogP contribution in [0.5, 0.6) is 23.1 Å². The van der Waals surface area contributed by atoms with Crippen LogP contribution in [0.2, 0.25) is 5.02 Å². The van der Waals surface area contributed by atoms with Gasteiger partial charge in [-0.25, -0.2) is 4.98 Å². The van der Waals surface area contributed by atoms with E-state index < -0.39 is 17.5 Å². The summed E-state index contributed by atoms with van der Waals surface area (Å²) in [5, 5.41) is 23.3. The van der Waals surface area contributed by atoms with Gasteiger partial charge >= 0.3 is 0 Å². The van der Waals surface area contributed by atoms with Crippen molar-refractivity contribution >= 4 is 17.5 Å². The first-order valence-corrected chi connectivity index (χ1v) is 9.49. The summed E-state index contributed by atoms with van der Waals surface area (Å²) in [4.78, 5) is 20.6. The highest BCUT2D eigenvalue weighted by molar-refractivity contribution is 6.31. The molecule has 0 saturated heterocycles. The summed E-state index contributed by atoms with van der Waals surface area (Å²) in [5.41, 5.74) is 2.21. The maximum Gasteiger partial charge on any atom is 0.274 e. The molecule has 1 amide bonds. The second-order valence-electron chi connectivity index (χ2n) is 6.79. The van der Waals surface area contributed by atoms with Crippen LogP contribution in [0, 0.1) is 6.92 Å². The number of nitrogens with zero attached hydrogens (tertiary/aromatic N) is 2. The van der Waals surface area contributed by atoms with Crippen LogP contribution in [0.4, 0.5) is 0 Å². The van der Waals surface area contributed by atoms with Crippen LogP contribution in [0.3, 0.4) is 0 Å². The number of benzene rings is 2. The predicted molar refractivity (Wildman–Crippen MR) is 108 cm³/mol. The number of halogens is 1. The SMILES string of the molecule is Cc1ccc(CNC(=O)c2nc(Cc3ccc4c(c3)OCO4)nc(O)c2O)cc1Cl. The number of aryl methyl sites for hydroxylation is 1. The molecule has 0 spiro atoms. The van der Waals surface area contributed by atoms with Gasteiger partial charge in [0.1, 0.15) is 5.82 Å². The molecule has 2 heterocycles. The maximum atomic E-state index is 12.6. The third kappa shape index (κ3) is 4.08. The van der Waals surface area contributed by atoms with Crippen molar-refractivity contribution in [3.8, 4) is 23.1 Å². The van der Waals surface area contributed by atoms with E-state index in [0.717, 1.165) is 16.7 Å². The minimum atomic E-state index is -0.677. The van der Waals surface area contributed by atoms with Gasteiger partial charge < -0.3 is 25.0 Å². The number of ether oxygens (including phenoxy) is 2. The Kier molecular flexibility index (Phi) is 5.33. The lowest BCUT2D eigenvalue weighted by Crippen LogP contribution is -2.24. The fourth-order valence-corrected chi connectivity index (χ4v) is 3.17. The third-order valence-electron chi connectivity index (χ3n) is 4.62. The number of carbonyl (C=O) groups is 1. The van der Waals surface area contributed by atoms with Crippen LogP contribution < -0.4 is 14.8 Å². The van der Waals surface area contributed by atoms with E-state index in [1.54, 1.807) is 18.2 Å². The summed E-state index contributed by atoms with van der Waals surface area (Å²) in [7, 11) is 0. The van der Waals surface area contributed by atoms with Crippen molar-refractivity contribution in [2.75, 3.05) is 6.79 Å². The van der Waals surface area contributed by atoms with E-state index in [1.807, 2.05) is 25.1 Å². The van der Waals surface area contributed by atoms with Gasteiger partial charge in [-0.2, -0.15) is 4.98 Å². The van der Waals surface area contributed by atoms with Crippen molar-refractivity contribution in [3.05, 3.63) is 69.6 Å². The van der Waals surface area contributed by atoms with Crippen molar-refractivity contribution in [3.63, 3.8) is 0 Å². The van der Waals surface area contributed by atoms with Gasteiger partial charge in [0.25, 0.3) is 11.8 Å². The zero-order chi connectivity index (χ0) is 21.3. The standard InChI is InChI=1S/C21H18ClN3O5/c1-11-2-3-13(6-14(11)22)9-23-20(27)18-19(26)21(28)25-17(24-18)8-12-4-5-15-16(7-12)30-10-29-15/h2-7,26H,8-10H2,1H3,(H,23,27)(H,24,25,28). The van der Waals surface area contributed by atoms with Crippen LogP contribution >= 0.6 is 11.6 Å². The highest BCUT2D eigenvalue weighted by Crippen LogP contribution is 2.33. The number of nitrogens with one attached hydrogen (secondary N) is 1. The van der Waals surface area contributed by atoms with Crippen molar-refractivity contribution < 1.29 is 24.5 Å². The fraction of sp³-hybridized carbons (Fsp3) is 0.190. The molecule has 0 aliphatic carbocycles. The molecular formula is C21H18ClN3O5. The molecule has 4 rings (SSSR count). The number of aromatic hydroxyl groups is 2. The van der Waals surface area contributed by atoms with Gasteiger partial charge in [-0.1, -0.05) is 29.8 Å². The number of hydrogen-bond donors (Lipinski definition) is 3. The zero-order valence-electron chi connectivity index (χ0n) is 16.0. The third-order valence-corrected chi connectivity index (χ3v) is 5.02. The average Bonchev–Trinajstić information content (AvgIpc) is 3.19. The first-order valence-electron chi connectivity index (χ1n) is 9.11. The number of hydrogen-bond acceptors (Lipinski definition) is 7. The minimum Gasteiger partial charge on any atom is -0.501 e. The van der Waals surface area contributed by atoms with Crippen molar-refractivity contribution in [2.45, 2.75) is 19.9 Å². The maximum absolute atomic E-state index is 12.6. The summed E-state index contributed by atoms with van der Waals surface area (Å²) < 4.78 is 10.6. The Morgan fingerprint density at radius 3 is 2.67 bits per heavy atom. The van der Waals surface area contributed by atoms with Crippen LogP contribution in [-0.4, -0.2) is 32.9 Å². The van der Waals surface area contributed by atoms with Crippen molar-refractivity contribution in [2.24, 2.45) is 0 Å². The molecule has 1 aliphatic heterocycles. The Bertz CT molecular complexity index is 1140. The number of rotatable bonds is 5. The Morgan fingerprint density at radius 2 is 1.87 bits per heavy atom. The van der Waals surface area contributed by atoms with Crippen LogP contribution in [0.15, 0.2) is 36.4 Å². The monoisotopic (exact) mass is 427 g/mol. The van der Waals surface area contributed by atoms with E-state index >= 15 is 0 Å². The van der Waals surface area contributed by atoms with Gasteiger partial charge in [0.15, 0.2) is 17.2 Å². The van der Waals surface area contributed by atoms with Crippen molar-refractivity contribution in [1.82, 2.24) is 15.3 Å². The Morgan fingerprint density at radius 1 is 1.10 bits per heavy atom. The number of fused-ring (bicyclic) bond motifs is 1. The molecule has 8 nitrogen and oxygen atoms in total. The topological polar surface area (TPSA) is 114 Å². The molecule has 0 bridgehead atoms. The fourth-order valence-electron chi connectivity index (χ4n) is 2.97. The quantitative estimate of drug-likeness (QED) is 0.573. The highest BCUT2D eigenvalue weighted by Gasteiger charge is 2.20. The second-order valence-corrected chi connectivity index (χ2v) is 7.20. The minimum absolute atomic E-state index is 0.159. The number of amides is 1. The first-order chi connectivity index (χ1) is 14.4. The van der Waals surface area contributed by atoms with Crippen LogP contribution in [-0.2, 0) is 13.0 Å². The van der Waals surface area contributed by atoms with Gasteiger partial charge in [0, 0.05) is 18.0 Å². The second kappa shape index (κ2) is 8.08. The van der Waals surface area contributed by atoms with Gasteiger partial charge in [-0.3, -0.25) is 4.79 Å². The molecule has 3 N–H and O–H groups in total. The molecule has 0 fully saturated rings. The molecule has 0 atom stereocenters. The molecule has 154 valence electrons. The predicted octanol–water partition coefficient (Wildman–Crippen LogP) is 3.10. The summed E-state index contributed by atoms with van der Waals surface area (Å²) >= 11 is 6.10. The normalized spacial score (nSPS) is 12.1. The van der Waals surface area contributed by atoms with E-state index in [9.17, 15) is 15.0 Å². The van der Waals surface area contributed by atoms with E-state index in [1.165, 1.54) is 0 Å². The van der Waals surface area contributed by atoms with Crippen LogP contribution in [0.25, 0.3) is 0 Å². The Balaban J connectivity index is 1.52. The molecule has 1 aliphatic rings. The van der Waals surface area contributed by atoms with Crippen molar-refractivity contribution in [1.29, 1.82) is 0 Å². The van der Waals surface area contributed by atoms with Gasteiger partial charge in [0.2, 0.25) is 12.5 Å². The summed E-state index contributed by atoms with van der Waals surface area (Å²) in [6, 6.07) is 10.8. The average molecular weight is 428 g/mol. The van der Waals surface area contributed by atoms with Crippen LogP contribution in [0.1, 0.15) is 33.0 Å². The molecule has 2 aromatic carbocycles. The first kappa shape index (κ1) is 19.8. The lowest BCUT2D eigenvalue weighted by Gasteiger charge is -2.10. The molecular weight excluding hydrogens is 410 g/mol. The van der Waals surface area contributed by atoms with Gasteiger partial charge in [-0.05, 0) is 41.8 Å². The summed E-state index contributed by atoms with van der Waals surface area (Å²) in [6.45, 7) is 2.22. The molecule has 0 radical (unpaired) electrons. The lowest BCUT2D eigenvalue weighted by molar-refractivity contribution is 0.0941. The van der Waals surface area contributed by atoms with E-state index in [-0.39, 0.29) is 31.3 Å². The smallest absolute Gasteiger partial charge is 0.274 e. The molecule has 3 aromatic rings. The lowest BCUT2D eigenvalue weighted by atomic mass is 10.1. The van der Waals surface area contributed by atoms with E-state index in [2.05, 4.69) is 15.3 Å². The molecule has 9 heteroatoms. The van der Waals surface area contributed by atoms with E-state index in [0.29, 0.717) is 16.5 Å². The zero-order valence-corrected chi connectivity index (χ0v) is 16.7. The molecule has 30 heavy (non-hydrogen) atoms. The van der Waals surface area contributed by atoms with E-state index in [4.69, 9.17) is 21.1 Å². The number of aromatic nitrogens is 2. The summed E-state index contributed by atoms with van der Waals surface area (Å²) in [6.07, 6.45) is 0.221. The van der Waals surface area contributed by atoms with Gasteiger partial charge in [-0.15, -0.1) is 0 Å². The Hall–Kier alpha value is -3.52.